The summed E-state index contributed by atoms with van der Waals surface area (Å²) in [5, 5.41) is 8.20. The number of amides is 1. The second kappa shape index (κ2) is 6.80. The summed E-state index contributed by atoms with van der Waals surface area (Å²) in [4.78, 5) is 14.2. The highest BCUT2D eigenvalue weighted by Gasteiger charge is 2.33. The molecule has 23 heavy (non-hydrogen) atoms. The van der Waals surface area contributed by atoms with Crippen molar-refractivity contribution in [2.24, 2.45) is 0 Å². The lowest BCUT2D eigenvalue weighted by molar-refractivity contribution is -0.131. The van der Waals surface area contributed by atoms with Crippen molar-refractivity contribution in [3.8, 4) is 0 Å². The van der Waals surface area contributed by atoms with Crippen molar-refractivity contribution in [1.29, 1.82) is 0 Å². The number of nitrogens with zero attached hydrogens (tertiary/aromatic N) is 3. The van der Waals surface area contributed by atoms with E-state index in [4.69, 9.17) is 4.42 Å². The van der Waals surface area contributed by atoms with E-state index >= 15 is 0 Å². The van der Waals surface area contributed by atoms with E-state index in [1.807, 2.05) is 4.90 Å². The Morgan fingerprint density at radius 2 is 2.17 bits per heavy atom. The van der Waals surface area contributed by atoms with Gasteiger partial charge >= 0.3 is 0 Å². The number of aromatic nitrogens is 2. The predicted molar refractivity (Wildman–Crippen MR) is 86.1 cm³/mol. The number of piperidine rings is 1. The maximum atomic E-state index is 12.3. The fourth-order valence-electron chi connectivity index (χ4n) is 3.11. The zero-order valence-corrected chi connectivity index (χ0v) is 14.7. The summed E-state index contributed by atoms with van der Waals surface area (Å²) in [6, 6.07) is 0.291. The third-order valence-electron chi connectivity index (χ3n) is 4.45. The molecule has 1 aromatic heterocycles. The summed E-state index contributed by atoms with van der Waals surface area (Å²) >= 11 is 1.22. The molecule has 0 spiro atoms. The highest BCUT2D eigenvalue weighted by molar-refractivity contribution is 7.99. The fraction of sp³-hybridized carbons (Fsp3) is 0.786. The van der Waals surface area contributed by atoms with Gasteiger partial charge in [-0.1, -0.05) is 11.8 Å². The summed E-state index contributed by atoms with van der Waals surface area (Å²) in [5.41, 5.74) is 0. The van der Waals surface area contributed by atoms with E-state index in [-0.39, 0.29) is 29.1 Å². The minimum Gasteiger partial charge on any atom is -0.416 e. The van der Waals surface area contributed by atoms with Gasteiger partial charge in [-0.25, -0.2) is 8.42 Å². The average molecular weight is 359 g/mol. The summed E-state index contributed by atoms with van der Waals surface area (Å²) in [6.45, 7) is 2.89. The average Bonchev–Trinajstić information content (AvgIpc) is 3.11. The van der Waals surface area contributed by atoms with Crippen molar-refractivity contribution in [2.75, 3.05) is 23.8 Å². The van der Waals surface area contributed by atoms with E-state index in [9.17, 15) is 13.2 Å². The number of thioether (sulfide) groups is 1. The maximum absolute atomic E-state index is 12.3. The predicted octanol–water partition coefficient (Wildman–Crippen LogP) is 1.46. The molecule has 0 aromatic carbocycles. The molecule has 0 unspecified atom stereocenters. The minimum absolute atomic E-state index is 0.0729. The molecule has 2 aliphatic heterocycles. The Kier molecular flexibility index (Phi) is 4.96. The molecule has 2 saturated heterocycles. The number of rotatable bonds is 4. The SMILES string of the molecule is C[C@@H]1CCCCN1C(=O)CSc1nnc([C@H]2CCS(=O)(=O)C2)o1. The Balaban J connectivity index is 1.54. The molecule has 2 aliphatic rings. The number of hydrogen-bond donors (Lipinski definition) is 0. The molecule has 9 heteroatoms. The highest BCUT2D eigenvalue weighted by Crippen LogP contribution is 2.30. The van der Waals surface area contributed by atoms with Crippen molar-refractivity contribution in [2.45, 2.75) is 49.8 Å². The van der Waals surface area contributed by atoms with E-state index in [1.165, 1.54) is 18.2 Å². The summed E-state index contributed by atoms with van der Waals surface area (Å²) in [5.74, 6) is 0.768. The molecule has 7 nitrogen and oxygen atoms in total. The van der Waals surface area contributed by atoms with E-state index in [2.05, 4.69) is 17.1 Å². The van der Waals surface area contributed by atoms with Crippen LogP contribution in [-0.2, 0) is 14.6 Å². The van der Waals surface area contributed by atoms with Crippen LogP contribution in [0.4, 0.5) is 0 Å². The first kappa shape index (κ1) is 16.8. The van der Waals surface area contributed by atoms with Crippen LogP contribution in [0.15, 0.2) is 9.64 Å². The lowest BCUT2D eigenvalue weighted by Gasteiger charge is -2.33. The fourth-order valence-corrected chi connectivity index (χ4v) is 5.50. The smallest absolute Gasteiger partial charge is 0.277 e. The molecule has 0 bridgehead atoms. The molecule has 3 heterocycles. The summed E-state index contributed by atoms with van der Waals surface area (Å²) in [6.07, 6.45) is 3.81. The molecule has 0 aliphatic carbocycles. The molecular weight excluding hydrogens is 338 g/mol. The number of sulfone groups is 1. The van der Waals surface area contributed by atoms with Crippen LogP contribution in [0.25, 0.3) is 0 Å². The Hall–Kier alpha value is -1.09. The van der Waals surface area contributed by atoms with Crippen molar-refractivity contribution in [1.82, 2.24) is 15.1 Å². The Morgan fingerprint density at radius 1 is 1.35 bits per heavy atom. The number of hydrogen-bond acceptors (Lipinski definition) is 7. The van der Waals surface area contributed by atoms with Crippen LogP contribution < -0.4 is 0 Å². The lowest BCUT2D eigenvalue weighted by Crippen LogP contribution is -2.42. The molecule has 2 atom stereocenters. The third kappa shape index (κ3) is 4.06. The van der Waals surface area contributed by atoms with Crippen molar-refractivity contribution in [3.05, 3.63) is 5.89 Å². The van der Waals surface area contributed by atoms with Gasteiger partial charge in [0.2, 0.25) is 11.8 Å². The number of carbonyl (C=O) groups excluding carboxylic acids is 1. The normalized spacial score (nSPS) is 27.3. The molecule has 128 valence electrons. The largest absolute Gasteiger partial charge is 0.416 e. The lowest BCUT2D eigenvalue weighted by atomic mass is 10.0. The minimum atomic E-state index is -2.98. The second-order valence-corrected chi connectivity index (χ2v) is 9.38. The standard InChI is InChI=1S/C14H21N3O4S2/c1-10-4-2-3-6-17(10)12(18)8-22-14-16-15-13(21-14)11-5-7-23(19,20)9-11/h10-11H,2-9H2,1H3/t10-,11+/m1/s1. The van der Waals surface area contributed by atoms with E-state index in [0.29, 0.717) is 23.6 Å². The van der Waals surface area contributed by atoms with Crippen LogP contribution in [0.3, 0.4) is 0 Å². The number of carbonyl (C=O) groups is 1. The first-order chi connectivity index (χ1) is 10.9. The van der Waals surface area contributed by atoms with Gasteiger partial charge in [-0.05, 0) is 32.6 Å². The molecule has 2 fully saturated rings. The first-order valence-corrected chi connectivity index (χ1v) is 10.7. The van der Waals surface area contributed by atoms with Gasteiger partial charge in [-0.2, -0.15) is 0 Å². The van der Waals surface area contributed by atoms with Crippen LogP contribution in [0.5, 0.6) is 0 Å². The summed E-state index contributed by atoms with van der Waals surface area (Å²) in [7, 11) is -2.98. The van der Waals surface area contributed by atoms with Crippen LogP contribution in [0.2, 0.25) is 0 Å². The molecule has 0 saturated carbocycles. The second-order valence-electron chi connectivity index (χ2n) is 6.23. The molecule has 0 N–H and O–H groups in total. The zero-order chi connectivity index (χ0) is 16.4. The van der Waals surface area contributed by atoms with Crippen LogP contribution in [-0.4, -0.2) is 59.3 Å². The Labute approximate surface area is 140 Å². The van der Waals surface area contributed by atoms with Crippen molar-refractivity contribution >= 4 is 27.5 Å². The van der Waals surface area contributed by atoms with Crippen molar-refractivity contribution < 1.29 is 17.6 Å². The molecular formula is C14H21N3O4S2. The van der Waals surface area contributed by atoms with Gasteiger partial charge in [0.15, 0.2) is 9.84 Å². The summed E-state index contributed by atoms with van der Waals surface area (Å²) < 4.78 is 28.5. The van der Waals surface area contributed by atoms with Gasteiger partial charge in [0.1, 0.15) is 0 Å². The van der Waals surface area contributed by atoms with Gasteiger partial charge in [0, 0.05) is 12.6 Å². The van der Waals surface area contributed by atoms with Gasteiger partial charge in [-0.15, -0.1) is 10.2 Å². The molecule has 1 aromatic rings. The van der Waals surface area contributed by atoms with Gasteiger partial charge in [-0.3, -0.25) is 4.79 Å². The van der Waals surface area contributed by atoms with E-state index in [0.717, 1.165) is 19.4 Å². The molecule has 0 radical (unpaired) electrons. The molecule has 1 amide bonds. The Morgan fingerprint density at radius 3 is 2.87 bits per heavy atom. The number of likely N-dealkylation sites (tertiary alicyclic amines) is 1. The maximum Gasteiger partial charge on any atom is 0.277 e. The quantitative estimate of drug-likeness (QED) is 0.751. The monoisotopic (exact) mass is 359 g/mol. The first-order valence-electron chi connectivity index (χ1n) is 7.91. The van der Waals surface area contributed by atoms with Crippen molar-refractivity contribution in [3.63, 3.8) is 0 Å². The van der Waals surface area contributed by atoms with E-state index in [1.54, 1.807) is 0 Å². The highest BCUT2D eigenvalue weighted by atomic mass is 32.2. The topological polar surface area (TPSA) is 93.4 Å². The zero-order valence-electron chi connectivity index (χ0n) is 13.1. The van der Waals surface area contributed by atoms with Crippen LogP contribution in [0, 0.1) is 0 Å². The molecule has 3 rings (SSSR count). The Bertz CT molecular complexity index is 673. The van der Waals surface area contributed by atoms with Gasteiger partial charge < -0.3 is 9.32 Å². The van der Waals surface area contributed by atoms with Gasteiger partial charge in [0.25, 0.3) is 5.22 Å². The van der Waals surface area contributed by atoms with Crippen LogP contribution >= 0.6 is 11.8 Å². The van der Waals surface area contributed by atoms with Crippen LogP contribution in [0.1, 0.15) is 44.4 Å². The van der Waals surface area contributed by atoms with Gasteiger partial charge in [0.05, 0.1) is 23.2 Å². The third-order valence-corrected chi connectivity index (χ3v) is 7.02. The van der Waals surface area contributed by atoms with E-state index < -0.39 is 9.84 Å².